The summed E-state index contributed by atoms with van der Waals surface area (Å²) in [5.41, 5.74) is 0.955. The number of aliphatic carboxylic acids is 1. The van der Waals surface area contributed by atoms with Crippen molar-refractivity contribution in [3.63, 3.8) is 0 Å². The average molecular weight is 348 g/mol. The summed E-state index contributed by atoms with van der Waals surface area (Å²) in [6.07, 6.45) is 4.63. The van der Waals surface area contributed by atoms with Crippen LogP contribution in [-0.2, 0) is 9.59 Å². The standard InChI is InChI=1S/C19H22ClNO3/c20-14-7-5-11(6-8-14)15-9-21(10-16(15)19(23)24)18(22)17(12-1-2-12)13-3-4-13/h5-8,12-13,15-17H,1-4,9-10H2,(H,23,24)/t15-,16+/m0/s1. The second-order valence-electron chi connectivity index (χ2n) is 7.55. The number of carboxylic acid groups (broad SMARTS) is 1. The van der Waals surface area contributed by atoms with Crippen molar-refractivity contribution < 1.29 is 14.7 Å². The Hall–Kier alpha value is -1.55. The first-order chi connectivity index (χ1) is 11.5. The van der Waals surface area contributed by atoms with E-state index in [-0.39, 0.29) is 17.7 Å². The van der Waals surface area contributed by atoms with E-state index in [1.807, 2.05) is 17.0 Å². The van der Waals surface area contributed by atoms with Crippen molar-refractivity contribution in [1.82, 2.24) is 4.90 Å². The molecule has 0 radical (unpaired) electrons. The van der Waals surface area contributed by atoms with Crippen LogP contribution in [0.5, 0.6) is 0 Å². The van der Waals surface area contributed by atoms with E-state index >= 15 is 0 Å². The lowest BCUT2D eigenvalue weighted by atomic mass is 9.89. The number of carboxylic acids is 1. The summed E-state index contributed by atoms with van der Waals surface area (Å²) in [5.74, 6) is -0.0755. The Morgan fingerprint density at radius 3 is 2.12 bits per heavy atom. The molecule has 0 bridgehead atoms. The van der Waals surface area contributed by atoms with Gasteiger partial charge in [-0.15, -0.1) is 0 Å². The van der Waals surface area contributed by atoms with Gasteiger partial charge >= 0.3 is 5.97 Å². The lowest BCUT2D eigenvalue weighted by Crippen LogP contribution is -2.37. The van der Waals surface area contributed by atoms with Crippen molar-refractivity contribution in [3.8, 4) is 0 Å². The number of halogens is 1. The van der Waals surface area contributed by atoms with Crippen LogP contribution in [0.15, 0.2) is 24.3 Å². The Labute approximate surface area is 146 Å². The van der Waals surface area contributed by atoms with Crippen molar-refractivity contribution in [1.29, 1.82) is 0 Å². The number of nitrogens with zero attached hydrogens (tertiary/aromatic N) is 1. The van der Waals surface area contributed by atoms with E-state index in [9.17, 15) is 14.7 Å². The van der Waals surface area contributed by atoms with Gasteiger partial charge in [0.15, 0.2) is 0 Å². The lowest BCUT2D eigenvalue weighted by Gasteiger charge is -2.23. The highest BCUT2D eigenvalue weighted by Crippen LogP contribution is 2.50. The second-order valence-corrected chi connectivity index (χ2v) is 7.98. The first-order valence-corrected chi connectivity index (χ1v) is 9.19. The van der Waals surface area contributed by atoms with E-state index < -0.39 is 11.9 Å². The van der Waals surface area contributed by atoms with Gasteiger partial charge in [-0.2, -0.15) is 0 Å². The van der Waals surface area contributed by atoms with Crippen LogP contribution in [0.4, 0.5) is 0 Å². The van der Waals surface area contributed by atoms with Crippen molar-refractivity contribution in [2.45, 2.75) is 31.6 Å². The van der Waals surface area contributed by atoms with Crippen molar-refractivity contribution in [2.24, 2.45) is 23.7 Å². The molecule has 2 atom stereocenters. The molecule has 1 aromatic rings. The fraction of sp³-hybridized carbons (Fsp3) is 0.579. The molecule has 3 aliphatic rings. The van der Waals surface area contributed by atoms with Crippen molar-refractivity contribution in [3.05, 3.63) is 34.9 Å². The van der Waals surface area contributed by atoms with Crippen LogP contribution in [0.3, 0.4) is 0 Å². The lowest BCUT2D eigenvalue weighted by molar-refractivity contribution is -0.142. The van der Waals surface area contributed by atoms with E-state index in [2.05, 4.69) is 0 Å². The van der Waals surface area contributed by atoms with Crippen molar-refractivity contribution >= 4 is 23.5 Å². The van der Waals surface area contributed by atoms with Crippen LogP contribution in [0.2, 0.25) is 5.02 Å². The maximum atomic E-state index is 13.0. The van der Waals surface area contributed by atoms with Crippen LogP contribution in [0, 0.1) is 23.7 Å². The zero-order chi connectivity index (χ0) is 16.8. The number of carbonyl (C=O) groups excluding carboxylic acids is 1. The maximum Gasteiger partial charge on any atom is 0.308 e. The number of rotatable bonds is 5. The van der Waals surface area contributed by atoms with Gasteiger partial charge in [0.25, 0.3) is 0 Å². The monoisotopic (exact) mass is 347 g/mol. The normalized spacial score (nSPS) is 26.8. The molecule has 1 amide bonds. The molecule has 4 rings (SSSR count). The van der Waals surface area contributed by atoms with Crippen LogP contribution in [0.25, 0.3) is 0 Å². The summed E-state index contributed by atoms with van der Waals surface area (Å²) in [7, 11) is 0. The quantitative estimate of drug-likeness (QED) is 0.888. The summed E-state index contributed by atoms with van der Waals surface area (Å²) in [5, 5.41) is 10.3. The Balaban J connectivity index is 1.54. The average Bonchev–Trinajstić information content (AvgIpc) is 3.48. The van der Waals surface area contributed by atoms with Gasteiger partial charge in [-0.25, -0.2) is 0 Å². The highest BCUT2D eigenvalue weighted by Gasteiger charge is 2.49. The Morgan fingerprint density at radius 1 is 1.04 bits per heavy atom. The largest absolute Gasteiger partial charge is 0.481 e. The molecule has 0 spiro atoms. The molecule has 1 aromatic carbocycles. The highest BCUT2D eigenvalue weighted by molar-refractivity contribution is 6.30. The number of benzene rings is 1. The molecule has 4 nitrogen and oxygen atoms in total. The fourth-order valence-electron chi connectivity index (χ4n) is 4.19. The van der Waals surface area contributed by atoms with Gasteiger partial charge in [-0.05, 0) is 55.2 Å². The number of amides is 1. The molecular formula is C19H22ClNO3. The SMILES string of the molecule is O=C(O)[C@@H]1CN(C(=O)C(C2CC2)C2CC2)C[C@H]1c1ccc(Cl)cc1. The van der Waals surface area contributed by atoms with E-state index in [0.717, 1.165) is 31.2 Å². The molecule has 128 valence electrons. The number of hydrogen-bond donors (Lipinski definition) is 1. The minimum absolute atomic E-state index is 0.142. The molecule has 3 fully saturated rings. The second kappa shape index (κ2) is 6.07. The molecule has 1 saturated heterocycles. The molecule has 1 aliphatic heterocycles. The molecule has 24 heavy (non-hydrogen) atoms. The summed E-state index contributed by atoms with van der Waals surface area (Å²) in [4.78, 5) is 26.6. The predicted octanol–water partition coefficient (Wildman–Crippen LogP) is 3.40. The fourth-order valence-corrected chi connectivity index (χ4v) is 4.32. The third kappa shape index (κ3) is 3.04. The topological polar surface area (TPSA) is 57.6 Å². The smallest absolute Gasteiger partial charge is 0.308 e. The highest BCUT2D eigenvalue weighted by atomic mass is 35.5. The summed E-state index contributed by atoms with van der Waals surface area (Å²) < 4.78 is 0. The Morgan fingerprint density at radius 2 is 1.62 bits per heavy atom. The Kier molecular flexibility index (Phi) is 4.03. The van der Waals surface area contributed by atoms with Gasteiger partial charge in [0.1, 0.15) is 0 Å². The zero-order valence-electron chi connectivity index (χ0n) is 13.5. The zero-order valence-corrected chi connectivity index (χ0v) is 14.3. The predicted molar refractivity (Wildman–Crippen MR) is 90.8 cm³/mol. The summed E-state index contributed by atoms with van der Waals surface area (Å²) in [6, 6.07) is 7.35. The molecule has 2 aliphatic carbocycles. The number of likely N-dealkylation sites (tertiary alicyclic amines) is 1. The number of hydrogen-bond acceptors (Lipinski definition) is 2. The van der Waals surface area contributed by atoms with E-state index in [0.29, 0.717) is 29.9 Å². The first-order valence-electron chi connectivity index (χ1n) is 8.81. The van der Waals surface area contributed by atoms with Gasteiger partial charge < -0.3 is 10.0 Å². The minimum Gasteiger partial charge on any atom is -0.481 e. The maximum absolute atomic E-state index is 13.0. The van der Waals surface area contributed by atoms with Crippen LogP contribution in [-0.4, -0.2) is 35.0 Å². The molecule has 0 unspecified atom stereocenters. The molecule has 2 saturated carbocycles. The summed E-state index contributed by atoms with van der Waals surface area (Å²) in [6.45, 7) is 0.838. The van der Waals surface area contributed by atoms with Gasteiger partial charge in [-0.1, -0.05) is 23.7 Å². The molecule has 5 heteroatoms. The van der Waals surface area contributed by atoms with E-state index in [1.165, 1.54) is 0 Å². The molecular weight excluding hydrogens is 326 g/mol. The van der Waals surface area contributed by atoms with Crippen LogP contribution in [0.1, 0.15) is 37.2 Å². The van der Waals surface area contributed by atoms with Gasteiger partial charge in [0.05, 0.1) is 5.92 Å². The summed E-state index contributed by atoms with van der Waals surface area (Å²) >= 11 is 5.94. The van der Waals surface area contributed by atoms with Gasteiger partial charge in [0.2, 0.25) is 5.91 Å². The van der Waals surface area contributed by atoms with Gasteiger partial charge in [-0.3, -0.25) is 9.59 Å². The van der Waals surface area contributed by atoms with Crippen LogP contribution >= 0.6 is 11.6 Å². The van der Waals surface area contributed by atoms with Crippen molar-refractivity contribution in [2.75, 3.05) is 13.1 Å². The Bertz CT molecular complexity index is 639. The molecule has 1 N–H and O–H groups in total. The van der Waals surface area contributed by atoms with E-state index in [1.54, 1.807) is 12.1 Å². The van der Waals surface area contributed by atoms with Crippen LogP contribution < -0.4 is 0 Å². The van der Waals surface area contributed by atoms with Gasteiger partial charge in [0, 0.05) is 29.9 Å². The van der Waals surface area contributed by atoms with E-state index in [4.69, 9.17) is 11.6 Å². The number of carbonyl (C=O) groups is 2. The molecule has 0 aromatic heterocycles. The first kappa shape index (κ1) is 15.9. The third-order valence-electron chi connectivity index (χ3n) is 5.79. The third-order valence-corrected chi connectivity index (χ3v) is 6.04. The molecule has 1 heterocycles. The minimum atomic E-state index is -0.820.